The lowest BCUT2D eigenvalue weighted by atomic mass is 10.1. The van der Waals surface area contributed by atoms with Crippen LogP contribution in [-0.4, -0.2) is 10.9 Å². The van der Waals surface area contributed by atoms with Crippen molar-refractivity contribution in [3.63, 3.8) is 0 Å². The average Bonchev–Trinajstić information content (AvgIpc) is 2.74. The predicted octanol–water partition coefficient (Wildman–Crippen LogP) is 3.32. The maximum atomic E-state index is 11.9. The molecular formula is C16H20N2OS. The van der Waals surface area contributed by atoms with Crippen LogP contribution in [0.2, 0.25) is 0 Å². The van der Waals surface area contributed by atoms with Crippen LogP contribution in [0, 0.1) is 20.8 Å². The van der Waals surface area contributed by atoms with Gasteiger partial charge in [-0.1, -0.05) is 24.3 Å². The van der Waals surface area contributed by atoms with Gasteiger partial charge in [0.15, 0.2) is 0 Å². The zero-order chi connectivity index (χ0) is 14.5. The third-order valence-electron chi connectivity index (χ3n) is 3.32. The molecule has 0 saturated heterocycles. The van der Waals surface area contributed by atoms with Gasteiger partial charge in [-0.15, -0.1) is 11.3 Å². The van der Waals surface area contributed by atoms with Gasteiger partial charge < -0.3 is 5.32 Å². The van der Waals surface area contributed by atoms with E-state index in [1.54, 1.807) is 11.3 Å². The van der Waals surface area contributed by atoms with Crippen LogP contribution in [0.1, 0.15) is 33.1 Å². The first-order valence-corrected chi connectivity index (χ1v) is 7.62. The molecule has 1 heterocycles. The molecule has 1 amide bonds. The fraction of sp³-hybridized carbons (Fsp3) is 0.375. The van der Waals surface area contributed by atoms with Crippen molar-refractivity contribution in [3.05, 3.63) is 51.0 Å². The number of hydrogen-bond donors (Lipinski definition) is 1. The smallest absolute Gasteiger partial charge is 0.220 e. The molecule has 0 fully saturated rings. The third kappa shape index (κ3) is 3.90. The number of rotatable bonds is 5. The minimum absolute atomic E-state index is 0.0960. The predicted molar refractivity (Wildman–Crippen MR) is 82.9 cm³/mol. The van der Waals surface area contributed by atoms with E-state index in [0.29, 0.717) is 13.0 Å². The van der Waals surface area contributed by atoms with E-state index < -0.39 is 0 Å². The first-order valence-electron chi connectivity index (χ1n) is 6.80. The van der Waals surface area contributed by atoms with Gasteiger partial charge in [-0.05, 0) is 38.3 Å². The Morgan fingerprint density at radius 2 is 2.00 bits per heavy atom. The summed E-state index contributed by atoms with van der Waals surface area (Å²) in [6.07, 6.45) is 1.30. The first kappa shape index (κ1) is 14.7. The van der Waals surface area contributed by atoms with Crippen LogP contribution in [0.15, 0.2) is 24.3 Å². The second-order valence-electron chi connectivity index (χ2n) is 4.94. The van der Waals surface area contributed by atoms with Gasteiger partial charge in [0.1, 0.15) is 0 Å². The van der Waals surface area contributed by atoms with E-state index in [9.17, 15) is 4.79 Å². The molecule has 1 aromatic carbocycles. The van der Waals surface area contributed by atoms with Crippen LogP contribution in [0.3, 0.4) is 0 Å². The van der Waals surface area contributed by atoms with Gasteiger partial charge in [0.25, 0.3) is 0 Å². The molecule has 0 saturated carbocycles. The Bertz CT molecular complexity index is 604. The van der Waals surface area contributed by atoms with Crippen LogP contribution in [-0.2, 0) is 17.8 Å². The number of hydrogen-bond acceptors (Lipinski definition) is 3. The number of amides is 1. The monoisotopic (exact) mass is 288 g/mol. The lowest BCUT2D eigenvalue weighted by Gasteiger charge is -2.07. The topological polar surface area (TPSA) is 42.0 Å². The number of carbonyl (C=O) groups is 1. The molecule has 0 radical (unpaired) electrons. The summed E-state index contributed by atoms with van der Waals surface area (Å²) in [6, 6.07) is 8.12. The highest BCUT2D eigenvalue weighted by Crippen LogP contribution is 2.18. The molecule has 106 valence electrons. The maximum Gasteiger partial charge on any atom is 0.220 e. The summed E-state index contributed by atoms with van der Waals surface area (Å²) in [6.45, 7) is 6.67. The summed E-state index contributed by atoms with van der Waals surface area (Å²) in [7, 11) is 0. The molecule has 0 atom stereocenters. The Balaban J connectivity index is 1.82. The van der Waals surface area contributed by atoms with Crippen LogP contribution >= 0.6 is 11.3 Å². The molecule has 0 aliphatic carbocycles. The van der Waals surface area contributed by atoms with Gasteiger partial charge in [-0.25, -0.2) is 4.98 Å². The zero-order valence-corrected chi connectivity index (χ0v) is 13.0. The molecule has 4 heteroatoms. The minimum atomic E-state index is 0.0960. The van der Waals surface area contributed by atoms with E-state index in [4.69, 9.17) is 0 Å². The SMILES string of the molecule is Cc1nc(C)c(CCC(=O)NCc2ccccc2C)s1. The Morgan fingerprint density at radius 3 is 2.65 bits per heavy atom. The molecule has 20 heavy (non-hydrogen) atoms. The summed E-state index contributed by atoms with van der Waals surface area (Å²) >= 11 is 1.68. The van der Waals surface area contributed by atoms with Crippen molar-refractivity contribution in [1.82, 2.24) is 10.3 Å². The molecular weight excluding hydrogens is 268 g/mol. The van der Waals surface area contributed by atoms with Crippen molar-refractivity contribution in [2.45, 2.75) is 40.2 Å². The average molecular weight is 288 g/mol. The standard InChI is InChI=1S/C16H20N2OS/c1-11-6-4-5-7-14(11)10-17-16(19)9-8-15-12(2)18-13(3)20-15/h4-7H,8-10H2,1-3H3,(H,17,19). The van der Waals surface area contributed by atoms with Crippen molar-refractivity contribution >= 4 is 17.2 Å². The molecule has 2 rings (SSSR count). The van der Waals surface area contributed by atoms with Crippen molar-refractivity contribution in [3.8, 4) is 0 Å². The second-order valence-corrected chi connectivity index (χ2v) is 6.23. The number of thiazole rings is 1. The van der Waals surface area contributed by atoms with Gasteiger partial charge in [-0.3, -0.25) is 4.79 Å². The summed E-state index contributed by atoms with van der Waals surface area (Å²) in [5.41, 5.74) is 3.44. The molecule has 0 aliphatic rings. The number of aromatic nitrogens is 1. The van der Waals surface area contributed by atoms with Crippen LogP contribution in [0.5, 0.6) is 0 Å². The van der Waals surface area contributed by atoms with Crippen molar-refractivity contribution < 1.29 is 4.79 Å². The Kier molecular flexibility index (Phi) is 4.90. The van der Waals surface area contributed by atoms with Crippen LogP contribution in [0.25, 0.3) is 0 Å². The van der Waals surface area contributed by atoms with E-state index in [-0.39, 0.29) is 5.91 Å². The van der Waals surface area contributed by atoms with Gasteiger partial charge in [0.05, 0.1) is 10.7 Å². The highest BCUT2D eigenvalue weighted by Gasteiger charge is 2.08. The number of aryl methyl sites for hydroxylation is 4. The van der Waals surface area contributed by atoms with E-state index in [1.807, 2.05) is 32.0 Å². The van der Waals surface area contributed by atoms with Crippen LogP contribution < -0.4 is 5.32 Å². The van der Waals surface area contributed by atoms with Gasteiger partial charge in [0, 0.05) is 17.8 Å². The lowest BCUT2D eigenvalue weighted by Crippen LogP contribution is -2.23. The summed E-state index contributed by atoms with van der Waals surface area (Å²) in [4.78, 5) is 17.5. The van der Waals surface area contributed by atoms with Crippen molar-refractivity contribution in [1.29, 1.82) is 0 Å². The molecule has 0 bridgehead atoms. The maximum absolute atomic E-state index is 11.9. The fourth-order valence-electron chi connectivity index (χ4n) is 2.12. The minimum Gasteiger partial charge on any atom is -0.352 e. The van der Waals surface area contributed by atoms with E-state index in [0.717, 1.165) is 17.1 Å². The molecule has 2 aromatic rings. The lowest BCUT2D eigenvalue weighted by molar-refractivity contribution is -0.121. The molecule has 0 unspecified atom stereocenters. The molecule has 3 nitrogen and oxygen atoms in total. The van der Waals surface area contributed by atoms with E-state index in [2.05, 4.69) is 23.3 Å². The quantitative estimate of drug-likeness (QED) is 0.917. The summed E-state index contributed by atoms with van der Waals surface area (Å²) < 4.78 is 0. The van der Waals surface area contributed by atoms with Gasteiger partial charge in [-0.2, -0.15) is 0 Å². The second kappa shape index (κ2) is 6.66. The normalized spacial score (nSPS) is 10.6. The van der Waals surface area contributed by atoms with E-state index in [1.165, 1.54) is 16.0 Å². The zero-order valence-electron chi connectivity index (χ0n) is 12.2. The number of nitrogens with one attached hydrogen (secondary N) is 1. The first-order chi connectivity index (χ1) is 9.56. The highest BCUT2D eigenvalue weighted by atomic mass is 32.1. The summed E-state index contributed by atoms with van der Waals surface area (Å²) in [5.74, 6) is 0.0960. The van der Waals surface area contributed by atoms with Crippen molar-refractivity contribution in [2.24, 2.45) is 0 Å². The highest BCUT2D eigenvalue weighted by molar-refractivity contribution is 7.11. The molecule has 0 aliphatic heterocycles. The van der Waals surface area contributed by atoms with E-state index >= 15 is 0 Å². The fourth-order valence-corrected chi connectivity index (χ4v) is 3.06. The largest absolute Gasteiger partial charge is 0.352 e. The Labute approximate surface area is 124 Å². The van der Waals surface area contributed by atoms with Crippen LogP contribution in [0.4, 0.5) is 0 Å². The van der Waals surface area contributed by atoms with Crippen molar-refractivity contribution in [2.75, 3.05) is 0 Å². The molecule has 1 N–H and O–H groups in total. The molecule has 1 aromatic heterocycles. The number of carbonyl (C=O) groups excluding carboxylic acids is 1. The number of benzene rings is 1. The third-order valence-corrected chi connectivity index (χ3v) is 4.45. The molecule has 0 spiro atoms. The van der Waals surface area contributed by atoms with Gasteiger partial charge in [0.2, 0.25) is 5.91 Å². The Hall–Kier alpha value is -1.68. The Morgan fingerprint density at radius 1 is 1.25 bits per heavy atom. The summed E-state index contributed by atoms with van der Waals surface area (Å²) in [5, 5.41) is 4.05. The van der Waals surface area contributed by atoms with Gasteiger partial charge >= 0.3 is 0 Å². The number of nitrogens with zero attached hydrogens (tertiary/aromatic N) is 1.